The normalized spacial score (nSPS) is 14.4. The topological polar surface area (TPSA) is 111 Å². The fourth-order valence-corrected chi connectivity index (χ4v) is 4.78. The standard InChI is InChI=1S/C25H27ClN4.C2H2O4/c1-18-3-2-4-22(13-18)30-17-19(15-28-30)7-10-29-11-8-20(9-12-29)24-16-27-25-6-5-21(26)14-23(24)25;3-1(4)2(5)6/h2-6,13-17,20,27H,7-12H2,1H3;(H,3,4)(H,5,6). The van der Waals surface area contributed by atoms with E-state index in [1.165, 1.54) is 40.4 Å². The number of hydrogen-bond donors (Lipinski definition) is 3. The van der Waals surface area contributed by atoms with Gasteiger partial charge in [-0.3, -0.25) is 0 Å². The molecule has 3 heterocycles. The molecule has 8 nitrogen and oxygen atoms in total. The van der Waals surface area contributed by atoms with Crippen LogP contribution in [0.5, 0.6) is 0 Å². The number of aromatic amines is 1. The molecule has 1 aliphatic heterocycles. The lowest BCUT2D eigenvalue weighted by Crippen LogP contribution is -2.34. The SMILES string of the molecule is Cc1cccc(-n2cc(CCN3CCC(c4c[nH]c5ccc(Cl)cc45)CC3)cn2)c1.O=C(O)C(=O)O. The highest BCUT2D eigenvalue weighted by atomic mass is 35.5. The summed E-state index contributed by atoms with van der Waals surface area (Å²) in [7, 11) is 0. The van der Waals surface area contributed by atoms with E-state index < -0.39 is 11.9 Å². The van der Waals surface area contributed by atoms with Crippen LogP contribution >= 0.6 is 11.6 Å². The molecule has 9 heteroatoms. The average molecular weight is 509 g/mol. The van der Waals surface area contributed by atoms with Crippen molar-refractivity contribution in [3.05, 3.63) is 82.8 Å². The molecule has 0 bridgehead atoms. The summed E-state index contributed by atoms with van der Waals surface area (Å²) in [5.74, 6) is -3.04. The van der Waals surface area contributed by atoms with Crippen molar-refractivity contribution in [2.75, 3.05) is 19.6 Å². The fraction of sp³-hybridized carbons (Fsp3) is 0.296. The van der Waals surface area contributed by atoms with Crippen LogP contribution in [-0.2, 0) is 16.0 Å². The van der Waals surface area contributed by atoms with Gasteiger partial charge in [0.25, 0.3) is 0 Å². The Balaban J connectivity index is 0.000000455. The number of nitrogens with one attached hydrogen (secondary N) is 1. The van der Waals surface area contributed by atoms with Crippen LogP contribution in [0.25, 0.3) is 16.6 Å². The monoisotopic (exact) mass is 508 g/mol. The van der Waals surface area contributed by atoms with Crippen LogP contribution in [0.4, 0.5) is 0 Å². The van der Waals surface area contributed by atoms with E-state index >= 15 is 0 Å². The number of fused-ring (bicyclic) bond motifs is 1. The van der Waals surface area contributed by atoms with E-state index in [4.69, 9.17) is 31.4 Å². The zero-order valence-corrected chi connectivity index (χ0v) is 20.8. The van der Waals surface area contributed by atoms with Gasteiger partial charge in [-0.1, -0.05) is 23.7 Å². The van der Waals surface area contributed by atoms with Crippen LogP contribution in [0.1, 0.15) is 35.4 Å². The minimum atomic E-state index is -1.82. The van der Waals surface area contributed by atoms with Gasteiger partial charge in [-0.15, -0.1) is 0 Å². The molecular formula is C27H29ClN4O4. The molecule has 0 amide bonds. The van der Waals surface area contributed by atoms with Gasteiger partial charge < -0.3 is 20.1 Å². The second-order valence-corrected chi connectivity index (χ2v) is 9.48. The third kappa shape index (κ3) is 6.33. The predicted molar refractivity (Wildman–Crippen MR) is 139 cm³/mol. The van der Waals surface area contributed by atoms with Gasteiger partial charge in [-0.05, 0) is 92.2 Å². The number of likely N-dealkylation sites (tertiary alicyclic amines) is 1. The Kier molecular flexibility index (Phi) is 8.07. The number of hydrogen-bond acceptors (Lipinski definition) is 4. The molecular weight excluding hydrogens is 480 g/mol. The molecule has 1 fully saturated rings. The Morgan fingerprint density at radius 1 is 1.11 bits per heavy atom. The molecule has 2 aromatic carbocycles. The molecule has 36 heavy (non-hydrogen) atoms. The molecule has 1 aliphatic rings. The van der Waals surface area contributed by atoms with Crippen LogP contribution in [0.2, 0.25) is 5.02 Å². The summed E-state index contributed by atoms with van der Waals surface area (Å²) >= 11 is 6.23. The number of H-pyrrole nitrogens is 1. The van der Waals surface area contributed by atoms with Gasteiger partial charge in [-0.2, -0.15) is 5.10 Å². The number of halogens is 1. The van der Waals surface area contributed by atoms with Crippen molar-refractivity contribution in [2.45, 2.75) is 32.1 Å². The van der Waals surface area contributed by atoms with E-state index in [-0.39, 0.29) is 0 Å². The number of carboxylic acids is 2. The van der Waals surface area contributed by atoms with Crippen molar-refractivity contribution >= 4 is 34.4 Å². The number of piperidine rings is 1. The fourth-order valence-electron chi connectivity index (χ4n) is 4.61. The van der Waals surface area contributed by atoms with Crippen LogP contribution in [-0.4, -0.2) is 61.5 Å². The molecule has 0 atom stereocenters. The molecule has 4 aromatic rings. The number of benzene rings is 2. The minimum absolute atomic E-state index is 0.609. The maximum atomic E-state index is 9.10. The lowest BCUT2D eigenvalue weighted by atomic mass is 9.89. The first-order chi connectivity index (χ1) is 17.3. The van der Waals surface area contributed by atoms with Gasteiger partial charge in [0.1, 0.15) is 0 Å². The molecule has 0 unspecified atom stereocenters. The molecule has 2 aromatic heterocycles. The van der Waals surface area contributed by atoms with Crippen LogP contribution in [0.3, 0.4) is 0 Å². The van der Waals surface area contributed by atoms with Gasteiger partial charge in [0, 0.05) is 34.9 Å². The number of nitrogens with zero attached hydrogens (tertiary/aromatic N) is 3. The largest absolute Gasteiger partial charge is 0.473 e. The summed E-state index contributed by atoms with van der Waals surface area (Å²) in [6.45, 7) is 5.49. The van der Waals surface area contributed by atoms with E-state index in [0.29, 0.717) is 5.92 Å². The number of carboxylic acid groups (broad SMARTS) is 2. The van der Waals surface area contributed by atoms with Gasteiger partial charge in [0.05, 0.1) is 11.9 Å². The van der Waals surface area contributed by atoms with Crippen molar-refractivity contribution in [3.63, 3.8) is 0 Å². The van der Waals surface area contributed by atoms with E-state index in [1.54, 1.807) is 0 Å². The molecule has 5 rings (SSSR count). The molecule has 0 radical (unpaired) electrons. The van der Waals surface area contributed by atoms with Crippen LogP contribution in [0.15, 0.2) is 61.1 Å². The summed E-state index contributed by atoms with van der Waals surface area (Å²) in [6, 6.07) is 14.6. The van der Waals surface area contributed by atoms with Crippen molar-refractivity contribution in [2.24, 2.45) is 0 Å². The molecule has 0 saturated carbocycles. The van der Waals surface area contributed by atoms with E-state index in [2.05, 4.69) is 70.7 Å². The first-order valence-electron chi connectivity index (χ1n) is 11.9. The minimum Gasteiger partial charge on any atom is -0.473 e. The summed E-state index contributed by atoms with van der Waals surface area (Å²) in [5.41, 5.74) is 6.28. The maximum absolute atomic E-state index is 9.10. The molecule has 0 spiro atoms. The number of rotatable bonds is 5. The second-order valence-electron chi connectivity index (χ2n) is 9.04. The van der Waals surface area contributed by atoms with Crippen LogP contribution < -0.4 is 0 Å². The Bertz CT molecular complexity index is 1340. The highest BCUT2D eigenvalue weighted by Gasteiger charge is 2.22. The van der Waals surface area contributed by atoms with Crippen molar-refractivity contribution in [1.29, 1.82) is 0 Å². The number of carbonyl (C=O) groups is 2. The third-order valence-electron chi connectivity index (χ3n) is 6.51. The first-order valence-corrected chi connectivity index (χ1v) is 12.2. The average Bonchev–Trinajstić information content (AvgIpc) is 3.50. The lowest BCUT2D eigenvalue weighted by molar-refractivity contribution is -0.159. The Labute approximate surface area is 214 Å². The van der Waals surface area contributed by atoms with Crippen molar-refractivity contribution < 1.29 is 19.8 Å². The highest BCUT2D eigenvalue weighted by molar-refractivity contribution is 6.31. The Hall–Kier alpha value is -3.62. The molecule has 3 N–H and O–H groups in total. The first kappa shape index (κ1) is 25.5. The van der Waals surface area contributed by atoms with E-state index in [1.807, 2.05) is 16.9 Å². The molecule has 1 saturated heterocycles. The zero-order chi connectivity index (χ0) is 25.7. The number of aryl methyl sites for hydroxylation is 1. The van der Waals surface area contributed by atoms with E-state index in [9.17, 15) is 0 Å². The van der Waals surface area contributed by atoms with Crippen molar-refractivity contribution in [1.82, 2.24) is 19.7 Å². The second kappa shape index (κ2) is 11.4. The molecule has 188 valence electrons. The number of aromatic nitrogens is 3. The number of aliphatic carboxylic acids is 2. The smallest absolute Gasteiger partial charge is 0.414 e. The maximum Gasteiger partial charge on any atom is 0.414 e. The summed E-state index contributed by atoms with van der Waals surface area (Å²) in [6.07, 6.45) is 9.78. The third-order valence-corrected chi connectivity index (χ3v) is 6.74. The summed E-state index contributed by atoms with van der Waals surface area (Å²) in [5, 5.41) is 21.4. The predicted octanol–water partition coefficient (Wildman–Crippen LogP) is 4.89. The Morgan fingerprint density at radius 2 is 1.86 bits per heavy atom. The summed E-state index contributed by atoms with van der Waals surface area (Å²) in [4.78, 5) is 24.2. The zero-order valence-electron chi connectivity index (χ0n) is 20.0. The lowest BCUT2D eigenvalue weighted by Gasteiger charge is -2.31. The van der Waals surface area contributed by atoms with Crippen molar-refractivity contribution in [3.8, 4) is 5.69 Å². The highest BCUT2D eigenvalue weighted by Crippen LogP contribution is 2.34. The van der Waals surface area contributed by atoms with E-state index in [0.717, 1.165) is 36.8 Å². The van der Waals surface area contributed by atoms with Gasteiger partial charge >= 0.3 is 11.9 Å². The summed E-state index contributed by atoms with van der Waals surface area (Å²) < 4.78 is 1.98. The van der Waals surface area contributed by atoms with Crippen LogP contribution in [0, 0.1) is 6.92 Å². The quantitative estimate of drug-likeness (QED) is 0.331. The van der Waals surface area contributed by atoms with Gasteiger partial charge in [0.2, 0.25) is 0 Å². The Morgan fingerprint density at radius 3 is 2.56 bits per heavy atom. The molecule has 0 aliphatic carbocycles. The van der Waals surface area contributed by atoms with Gasteiger partial charge in [0.15, 0.2) is 0 Å². The van der Waals surface area contributed by atoms with Gasteiger partial charge in [-0.25, -0.2) is 14.3 Å².